The molecule has 1 aliphatic carbocycles. The SMILES string of the molecule is Clc1ccc(OCC2CNCCN2c2ccc3c(c2)CCC3)cc1. The standard InChI is InChI=1S/C20H23ClN2O/c21-17-5-8-20(9-6-17)24-14-19-13-22-10-11-23(19)18-7-4-15-2-1-3-16(15)12-18/h4-9,12,19,22H,1-3,10-11,13-14H2. The molecule has 0 amide bonds. The second-order valence-corrected chi connectivity index (χ2v) is 7.06. The van der Waals surface area contributed by atoms with Crippen LogP contribution in [-0.4, -0.2) is 32.3 Å². The van der Waals surface area contributed by atoms with Gasteiger partial charge in [0.05, 0.1) is 6.04 Å². The van der Waals surface area contributed by atoms with Crippen LogP contribution in [0.1, 0.15) is 17.5 Å². The molecule has 0 saturated carbocycles. The molecule has 4 heteroatoms. The van der Waals surface area contributed by atoms with Gasteiger partial charge in [0, 0.05) is 30.3 Å². The van der Waals surface area contributed by atoms with Crippen molar-refractivity contribution in [3.8, 4) is 5.75 Å². The van der Waals surface area contributed by atoms with Gasteiger partial charge in [-0.1, -0.05) is 17.7 Å². The van der Waals surface area contributed by atoms with Gasteiger partial charge in [-0.15, -0.1) is 0 Å². The maximum absolute atomic E-state index is 6.00. The maximum atomic E-state index is 6.00. The molecule has 0 radical (unpaired) electrons. The van der Waals surface area contributed by atoms with E-state index in [2.05, 4.69) is 28.4 Å². The molecule has 1 heterocycles. The summed E-state index contributed by atoms with van der Waals surface area (Å²) in [7, 11) is 0. The van der Waals surface area contributed by atoms with Crippen LogP contribution in [0.2, 0.25) is 5.02 Å². The molecule has 1 unspecified atom stereocenters. The summed E-state index contributed by atoms with van der Waals surface area (Å²) in [5.41, 5.74) is 4.40. The predicted molar refractivity (Wildman–Crippen MR) is 99.4 cm³/mol. The first-order valence-corrected chi connectivity index (χ1v) is 9.15. The van der Waals surface area contributed by atoms with Gasteiger partial charge in [0.1, 0.15) is 12.4 Å². The average Bonchev–Trinajstić information content (AvgIpc) is 3.09. The van der Waals surface area contributed by atoms with Gasteiger partial charge in [-0.3, -0.25) is 0 Å². The monoisotopic (exact) mass is 342 g/mol. The molecule has 1 atom stereocenters. The molecule has 1 aliphatic heterocycles. The van der Waals surface area contributed by atoms with Crippen molar-refractivity contribution in [1.29, 1.82) is 0 Å². The third kappa shape index (κ3) is 3.38. The van der Waals surface area contributed by atoms with Gasteiger partial charge >= 0.3 is 0 Å². The minimum Gasteiger partial charge on any atom is -0.491 e. The lowest BCUT2D eigenvalue weighted by Crippen LogP contribution is -2.54. The Kier molecular flexibility index (Phi) is 4.63. The molecule has 1 saturated heterocycles. The fourth-order valence-electron chi connectivity index (χ4n) is 3.71. The smallest absolute Gasteiger partial charge is 0.119 e. The molecule has 2 aliphatic rings. The van der Waals surface area contributed by atoms with Gasteiger partial charge in [0.15, 0.2) is 0 Å². The Hall–Kier alpha value is -1.71. The largest absolute Gasteiger partial charge is 0.491 e. The van der Waals surface area contributed by atoms with Gasteiger partial charge in [-0.2, -0.15) is 0 Å². The van der Waals surface area contributed by atoms with Crippen LogP contribution in [0, 0.1) is 0 Å². The normalized spacial score (nSPS) is 20.0. The fourth-order valence-corrected chi connectivity index (χ4v) is 3.84. The lowest BCUT2D eigenvalue weighted by Gasteiger charge is -2.38. The lowest BCUT2D eigenvalue weighted by atomic mass is 10.1. The highest BCUT2D eigenvalue weighted by Gasteiger charge is 2.24. The Morgan fingerprint density at radius 2 is 1.92 bits per heavy atom. The molecule has 0 spiro atoms. The summed E-state index contributed by atoms with van der Waals surface area (Å²) in [6.07, 6.45) is 3.75. The number of ether oxygens (including phenoxy) is 1. The molecule has 2 aromatic carbocycles. The second-order valence-electron chi connectivity index (χ2n) is 6.62. The topological polar surface area (TPSA) is 24.5 Å². The van der Waals surface area contributed by atoms with E-state index in [1.807, 2.05) is 24.3 Å². The second kappa shape index (κ2) is 7.04. The number of anilines is 1. The quantitative estimate of drug-likeness (QED) is 0.917. The zero-order valence-electron chi connectivity index (χ0n) is 13.8. The number of rotatable bonds is 4. The van der Waals surface area contributed by atoms with Crippen molar-refractivity contribution in [2.75, 3.05) is 31.1 Å². The van der Waals surface area contributed by atoms with E-state index in [4.69, 9.17) is 16.3 Å². The van der Waals surface area contributed by atoms with E-state index in [1.54, 1.807) is 0 Å². The molecular weight excluding hydrogens is 320 g/mol. The zero-order chi connectivity index (χ0) is 16.4. The average molecular weight is 343 g/mol. The Bertz CT molecular complexity index is 701. The van der Waals surface area contributed by atoms with E-state index in [-0.39, 0.29) is 0 Å². The molecule has 0 bridgehead atoms. The Balaban J connectivity index is 1.47. The van der Waals surface area contributed by atoms with E-state index in [9.17, 15) is 0 Å². The van der Waals surface area contributed by atoms with Crippen LogP contribution in [0.15, 0.2) is 42.5 Å². The minimum absolute atomic E-state index is 0.342. The number of nitrogens with zero attached hydrogens (tertiary/aromatic N) is 1. The molecule has 1 fully saturated rings. The number of nitrogens with one attached hydrogen (secondary N) is 1. The van der Waals surface area contributed by atoms with Crippen molar-refractivity contribution < 1.29 is 4.74 Å². The van der Waals surface area contributed by atoms with Crippen LogP contribution in [0.5, 0.6) is 5.75 Å². The van der Waals surface area contributed by atoms with E-state index >= 15 is 0 Å². The number of hydrogen-bond acceptors (Lipinski definition) is 3. The first-order valence-electron chi connectivity index (χ1n) is 8.77. The first-order chi connectivity index (χ1) is 11.8. The molecule has 126 valence electrons. The highest BCUT2D eigenvalue weighted by Crippen LogP contribution is 2.28. The summed E-state index contributed by atoms with van der Waals surface area (Å²) in [5.74, 6) is 0.874. The maximum Gasteiger partial charge on any atom is 0.119 e. The van der Waals surface area contributed by atoms with Crippen LogP contribution in [0.4, 0.5) is 5.69 Å². The number of benzene rings is 2. The zero-order valence-corrected chi connectivity index (χ0v) is 14.6. The van der Waals surface area contributed by atoms with Crippen LogP contribution in [-0.2, 0) is 12.8 Å². The van der Waals surface area contributed by atoms with Crippen molar-refractivity contribution >= 4 is 17.3 Å². The number of fused-ring (bicyclic) bond motifs is 1. The van der Waals surface area contributed by atoms with Crippen molar-refractivity contribution in [2.45, 2.75) is 25.3 Å². The lowest BCUT2D eigenvalue weighted by molar-refractivity contribution is 0.267. The van der Waals surface area contributed by atoms with Crippen LogP contribution in [0.3, 0.4) is 0 Å². The first kappa shape index (κ1) is 15.8. The van der Waals surface area contributed by atoms with E-state index in [1.165, 1.54) is 36.1 Å². The summed E-state index contributed by atoms with van der Waals surface area (Å²) in [6, 6.07) is 14.9. The van der Waals surface area contributed by atoms with Gasteiger partial charge in [0.25, 0.3) is 0 Å². The summed E-state index contributed by atoms with van der Waals surface area (Å²) in [4.78, 5) is 2.49. The predicted octanol–water partition coefficient (Wildman–Crippen LogP) is 3.69. The Morgan fingerprint density at radius 1 is 1.08 bits per heavy atom. The molecule has 3 nitrogen and oxygen atoms in total. The van der Waals surface area contributed by atoms with Gasteiger partial charge in [-0.05, 0) is 66.8 Å². The van der Waals surface area contributed by atoms with Gasteiger partial charge in [-0.25, -0.2) is 0 Å². The highest BCUT2D eigenvalue weighted by atomic mass is 35.5. The summed E-state index contributed by atoms with van der Waals surface area (Å²) in [6.45, 7) is 3.67. The molecule has 0 aromatic heterocycles. The third-order valence-corrected chi connectivity index (χ3v) is 5.27. The Labute approximate surface area is 148 Å². The van der Waals surface area contributed by atoms with Gasteiger partial charge in [0.2, 0.25) is 0 Å². The van der Waals surface area contributed by atoms with E-state index in [0.717, 1.165) is 30.4 Å². The van der Waals surface area contributed by atoms with Gasteiger partial charge < -0.3 is 15.0 Å². The van der Waals surface area contributed by atoms with E-state index in [0.29, 0.717) is 12.6 Å². The molecule has 2 aromatic rings. The number of hydrogen-bond donors (Lipinski definition) is 1. The molecule has 4 rings (SSSR count). The minimum atomic E-state index is 0.342. The van der Waals surface area contributed by atoms with Crippen molar-refractivity contribution in [3.63, 3.8) is 0 Å². The van der Waals surface area contributed by atoms with Crippen LogP contribution >= 0.6 is 11.6 Å². The summed E-state index contributed by atoms with van der Waals surface area (Å²) < 4.78 is 6.00. The van der Waals surface area contributed by atoms with Crippen molar-refractivity contribution in [2.24, 2.45) is 0 Å². The Morgan fingerprint density at radius 3 is 2.79 bits per heavy atom. The fraction of sp³-hybridized carbons (Fsp3) is 0.400. The number of aryl methyl sites for hydroxylation is 2. The summed E-state index contributed by atoms with van der Waals surface area (Å²) in [5, 5.41) is 4.23. The third-order valence-electron chi connectivity index (χ3n) is 5.02. The molecular formula is C20H23ClN2O. The number of piperazine rings is 1. The van der Waals surface area contributed by atoms with Crippen molar-refractivity contribution in [1.82, 2.24) is 5.32 Å². The molecule has 1 N–H and O–H groups in total. The van der Waals surface area contributed by atoms with Crippen molar-refractivity contribution in [3.05, 3.63) is 58.6 Å². The molecule has 24 heavy (non-hydrogen) atoms. The summed E-state index contributed by atoms with van der Waals surface area (Å²) >= 11 is 5.94. The van der Waals surface area contributed by atoms with Crippen LogP contribution < -0.4 is 15.0 Å². The van der Waals surface area contributed by atoms with E-state index < -0.39 is 0 Å². The highest BCUT2D eigenvalue weighted by molar-refractivity contribution is 6.30. The number of halogens is 1. The van der Waals surface area contributed by atoms with Crippen LogP contribution in [0.25, 0.3) is 0 Å².